The quantitative estimate of drug-likeness (QED) is 0.432. The fourth-order valence-corrected chi connectivity index (χ4v) is 6.53. The van der Waals surface area contributed by atoms with Crippen molar-refractivity contribution in [3.05, 3.63) is 40.6 Å². The number of benzene rings is 1. The van der Waals surface area contributed by atoms with Gasteiger partial charge in [-0.3, -0.25) is 9.79 Å². The first-order chi connectivity index (χ1) is 17.3. The van der Waals surface area contributed by atoms with Crippen LogP contribution in [-0.2, 0) is 9.53 Å². The van der Waals surface area contributed by atoms with Crippen LogP contribution in [-0.4, -0.2) is 43.3 Å². The van der Waals surface area contributed by atoms with Crippen molar-refractivity contribution in [2.24, 2.45) is 22.6 Å². The number of nitrogens with zero attached hydrogens (tertiary/aromatic N) is 2. The van der Waals surface area contributed by atoms with Crippen molar-refractivity contribution >= 4 is 17.2 Å². The summed E-state index contributed by atoms with van der Waals surface area (Å²) in [6, 6.07) is 6.64. The number of anilines is 1. The van der Waals surface area contributed by atoms with Gasteiger partial charge >= 0.3 is 0 Å². The highest BCUT2D eigenvalue weighted by atomic mass is 16.5. The molecule has 198 valence electrons. The summed E-state index contributed by atoms with van der Waals surface area (Å²) in [7, 11) is 0. The minimum atomic E-state index is 0.116. The van der Waals surface area contributed by atoms with Gasteiger partial charge < -0.3 is 15.4 Å². The van der Waals surface area contributed by atoms with Gasteiger partial charge in [0.15, 0.2) is 5.78 Å². The largest absolute Gasteiger partial charge is 0.396 e. The predicted molar refractivity (Wildman–Crippen MR) is 150 cm³/mol. The molecule has 1 aromatic carbocycles. The standard InChI is InChI=1S/C31H47N3O2/c1-21-7-5-10-29(24(21)4)34-17-14-25(15-18-34)13-16-33-28-9-6-8-27(28)31(32)30(35)12-11-26-19-22(2)36-23(3)20-26/h5,7,10,22-23,25-26H,6,8-9,11-20,32H2,1-4H3/t22-,23+,26?. The maximum absolute atomic E-state index is 12.9. The van der Waals surface area contributed by atoms with Crippen LogP contribution >= 0.6 is 0 Å². The molecule has 1 aliphatic carbocycles. The van der Waals surface area contributed by atoms with Crippen LogP contribution < -0.4 is 10.6 Å². The smallest absolute Gasteiger partial charge is 0.178 e. The van der Waals surface area contributed by atoms with Gasteiger partial charge in [0.2, 0.25) is 0 Å². The molecule has 36 heavy (non-hydrogen) atoms. The van der Waals surface area contributed by atoms with E-state index in [1.165, 1.54) is 29.7 Å². The molecule has 3 fully saturated rings. The molecule has 0 radical (unpaired) electrons. The molecule has 5 heteroatoms. The number of hydrogen-bond acceptors (Lipinski definition) is 5. The minimum absolute atomic E-state index is 0.116. The molecule has 0 amide bonds. The number of piperidine rings is 1. The summed E-state index contributed by atoms with van der Waals surface area (Å²) in [5, 5.41) is 0. The van der Waals surface area contributed by atoms with E-state index < -0.39 is 0 Å². The Morgan fingerprint density at radius 2 is 1.78 bits per heavy atom. The van der Waals surface area contributed by atoms with Gasteiger partial charge in [0.25, 0.3) is 0 Å². The highest BCUT2D eigenvalue weighted by Crippen LogP contribution is 2.31. The van der Waals surface area contributed by atoms with Crippen LogP contribution in [0.2, 0.25) is 0 Å². The first-order valence-corrected chi connectivity index (χ1v) is 14.3. The number of carbonyl (C=O) groups is 1. The third kappa shape index (κ3) is 6.79. The van der Waals surface area contributed by atoms with Crippen molar-refractivity contribution in [2.45, 2.75) is 104 Å². The van der Waals surface area contributed by atoms with Crippen molar-refractivity contribution in [1.29, 1.82) is 0 Å². The average molecular weight is 494 g/mol. The molecule has 3 aliphatic rings. The maximum atomic E-state index is 12.9. The fraction of sp³-hybridized carbons (Fsp3) is 0.677. The van der Waals surface area contributed by atoms with E-state index in [1.54, 1.807) is 0 Å². The number of rotatable bonds is 8. The molecule has 2 heterocycles. The van der Waals surface area contributed by atoms with E-state index in [4.69, 9.17) is 15.5 Å². The number of hydrogen-bond donors (Lipinski definition) is 1. The SMILES string of the molecule is Cc1cccc(N2CCC(CCN=C3CCCC3=C(N)C(=O)CCC3C[C@@H](C)O[C@@H](C)C3)CC2)c1C. The van der Waals surface area contributed by atoms with Crippen molar-refractivity contribution in [3.63, 3.8) is 0 Å². The molecular formula is C31H47N3O2. The van der Waals surface area contributed by atoms with Gasteiger partial charge in [-0.25, -0.2) is 0 Å². The third-order valence-corrected chi connectivity index (χ3v) is 8.76. The molecule has 0 bridgehead atoms. The zero-order valence-electron chi connectivity index (χ0n) is 23.0. The second-order valence-electron chi connectivity index (χ2n) is 11.6. The number of Topliss-reactive ketones (excluding diaryl/α,β-unsaturated/α-hetero) is 1. The van der Waals surface area contributed by atoms with Crippen molar-refractivity contribution in [3.8, 4) is 0 Å². The molecule has 1 aromatic rings. The van der Waals surface area contributed by atoms with Crippen molar-refractivity contribution in [2.75, 3.05) is 24.5 Å². The molecule has 4 rings (SSSR count). The Labute approximate surface area is 218 Å². The topological polar surface area (TPSA) is 67.9 Å². The summed E-state index contributed by atoms with van der Waals surface area (Å²) >= 11 is 0. The lowest BCUT2D eigenvalue weighted by molar-refractivity contribution is -0.116. The van der Waals surface area contributed by atoms with E-state index in [1.807, 2.05) is 0 Å². The number of aliphatic imine (C=N–C) groups is 1. The van der Waals surface area contributed by atoms with Gasteiger partial charge in [0.05, 0.1) is 17.9 Å². The zero-order chi connectivity index (χ0) is 25.7. The highest BCUT2D eigenvalue weighted by molar-refractivity contribution is 6.09. The van der Waals surface area contributed by atoms with Crippen LogP contribution in [0.1, 0.15) is 89.2 Å². The summed E-state index contributed by atoms with van der Waals surface area (Å²) in [5.74, 6) is 1.40. The summed E-state index contributed by atoms with van der Waals surface area (Å²) in [6.45, 7) is 11.8. The molecule has 0 spiro atoms. The van der Waals surface area contributed by atoms with Gasteiger partial charge in [0, 0.05) is 37.5 Å². The molecule has 2 aliphatic heterocycles. The lowest BCUT2D eigenvalue weighted by Crippen LogP contribution is -2.34. The van der Waals surface area contributed by atoms with Crippen LogP contribution in [0.15, 0.2) is 34.5 Å². The zero-order valence-corrected chi connectivity index (χ0v) is 23.0. The van der Waals surface area contributed by atoms with Crippen LogP contribution in [0.3, 0.4) is 0 Å². The molecule has 1 saturated carbocycles. The number of aryl methyl sites for hydroxylation is 1. The van der Waals surface area contributed by atoms with Crippen molar-refractivity contribution < 1.29 is 9.53 Å². The number of nitrogens with two attached hydrogens (primary N) is 1. The number of ether oxygens (including phenoxy) is 1. The summed E-state index contributed by atoms with van der Waals surface area (Å²) in [4.78, 5) is 20.4. The maximum Gasteiger partial charge on any atom is 0.178 e. The van der Waals surface area contributed by atoms with Crippen LogP contribution in [0, 0.1) is 25.7 Å². The lowest BCUT2D eigenvalue weighted by atomic mass is 9.87. The molecule has 2 saturated heterocycles. The Balaban J connectivity index is 1.25. The lowest BCUT2D eigenvalue weighted by Gasteiger charge is -2.34. The van der Waals surface area contributed by atoms with Gasteiger partial charge in [-0.15, -0.1) is 0 Å². The molecule has 3 atom stereocenters. The van der Waals surface area contributed by atoms with Gasteiger partial charge in [-0.05, 0) is 120 Å². The summed E-state index contributed by atoms with van der Waals surface area (Å²) in [6.07, 6.45) is 10.6. The highest BCUT2D eigenvalue weighted by Gasteiger charge is 2.27. The summed E-state index contributed by atoms with van der Waals surface area (Å²) < 4.78 is 5.84. The Kier molecular flexibility index (Phi) is 9.27. The number of allylic oxidation sites excluding steroid dienone is 2. The van der Waals surface area contributed by atoms with Gasteiger partial charge in [-0.1, -0.05) is 12.1 Å². The van der Waals surface area contributed by atoms with E-state index in [9.17, 15) is 4.79 Å². The van der Waals surface area contributed by atoms with Gasteiger partial charge in [-0.2, -0.15) is 0 Å². The minimum Gasteiger partial charge on any atom is -0.396 e. The first kappa shape index (κ1) is 26.9. The normalized spacial score (nSPS) is 28.1. The Morgan fingerprint density at radius 3 is 2.50 bits per heavy atom. The van der Waals surface area contributed by atoms with Gasteiger partial charge in [0.1, 0.15) is 0 Å². The van der Waals surface area contributed by atoms with E-state index >= 15 is 0 Å². The molecule has 2 N–H and O–H groups in total. The molecule has 1 unspecified atom stereocenters. The Hall–Kier alpha value is -2.14. The number of ketones is 1. The Bertz CT molecular complexity index is 964. The first-order valence-electron chi connectivity index (χ1n) is 14.3. The van der Waals surface area contributed by atoms with Crippen LogP contribution in [0.4, 0.5) is 5.69 Å². The third-order valence-electron chi connectivity index (χ3n) is 8.76. The van der Waals surface area contributed by atoms with E-state index in [2.05, 4.69) is 50.8 Å². The predicted octanol–water partition coefficient (Wildman–Crippen LogP) is 6.30. The van der Waals surface area contributed by atoms with Crippen molar-refractivity contribution in [1.82, 2.24) is 0 Å². The Morgan fingerprint density at radius 1 is 1.06 bits per heavy atom. The van der Waals surface area contributed by atoms with Crippen LogP contribution in [0.5, 0.6) is 0 Å². The second-order valence-corrected chi connectivity index (χ2v) is 11.6. The average Bonchev–Trinajstić information content (AvgIpc) is 3.32. The van der Waals surface area contributed by atoms with E-state index in [0.29, 0.717) is 18.0 Å². The summed E-state index contributed by atoms with van der Waals surface area (Å²) in [5.41, 5.74) is 13.2. The van der Waals surface area contributed by atoms with Crippen LogP contribution in [0.25, 0.3) is 0 Å². The monoisotopic (exact) mass is 493 g/mol. The van der Waals surface area contributed by atoms with E-state index in [-0.39, 0.29) is 18.0 Å². The second kappa shape index (κ2) is 12.4. The molecule has 0 aromatic heterocycles. The van der Waals surface area contributed by atoms with E-state index in [0.717, 1.165) is 81.8 Å². The number of carbonyl (C=O) groups excluding carboxylic acids is 1. The molecular weight excluding hydrogens is 446 g/mol. The fourth-order valence-electron chi connectivity index (χ4n) is 6.53. The molecule has 5 nitrogen and oxygen atoms in total.